The number of halogens is 3. The first-order chi connectivity index (χ1) is 20.1. The normalized spacial score (nSPS) is 11.3. The molecule has 0 atom stereocenters. The number of rotatable bonds is 7. The Morgan fingerprint density at radius 3 is 1.98 bits per heavy atom. The van der Waals surface area contributed by atoms with E-state index in [2.05, 4.69) is 5.32 Å². The number of alkyl halides is 3. The summed E-state index contributed by atoms with van der Waals surface area (Å²) in [6, 6.07) is 27.3. The average molecular weight is 568 g/mol. The Morgan fingerprint density at radius 1 is 0.810 bits per heavy atom. The summed E-state index contributed by atoms with van der Waals surface area (Å²) >= 11 is 0. The topological polar surface area (TPSA) is 54.3 Å². The lowest BCUT2D eigenvalue weighted by Gasteiger charge is -2.20. The van der Waals surface area contributed by atoms with Crippen LogP contribution in [0.5, 0.6) is 0 Å². The van der Waals surface area contributed by atoms with Gasteiger partial charge in [0, 0.05) is 24.4 Å². The molecule has 5 rings (SSSR count). The largest absolute Gasteiger partial charge is 0.416 e. The number of nitrogens with one attached hydrogen (secondary N) is 1. The van der Waals surface area contributed by atoms with E-state index >= 15 is 0 Å². The fourth-order valence-corrected chi connectivity index (χ4v) is 4.97. The molecule has 0 unspecified atom stereocenters. The Morgan fingerprint density at radius 2 is 1.38 bits per heavy atom. The third kappa shape index (κ3) is 5.69. The zero-order valence-electron chi connectivity index (χ0n) is 23.2. The van der Waals surface area contributed by atoms with Crippen LogP contribution in [0.15, 0.2) is 103 Å². The van der Waals surface area contributed by atoms with Crippen LogP contribution in [0.4, 0.5) is 30.4 Å². The molecule has 0 saturated heterocycles. The Labute approximate surface area is 241 Å². The number of carbonyl (C=O) groups is 2. The first-order valence-corrected chi connectivity index (χ1v) is 13.2. The van der Waals surface area contributed by atoms with Gasteiger partial charge >= 0.3 is 6.18 Å². The van der Waals surface area contributed by atoms with Gasteiger partial charge in [-0.15, -0.1) is 0 Å². The third-order valence-corrected chi connectivity index (χ3v) is 7.20. The molecule has 0 radical (unpaired) electrons. The highest BCUT2D eigenvalue weighted by molar-refractivity contribution is 6.09. The fraction of sp³-hybridized carbons (Fsp3) is 0.118. The van der Waals surface area contributed by atoms with Crippen LogP contribution in [-0.2, 0) is 18.0 Å². The highest BCUT2D eigenvalue weighted by Gasteiger charge is 2.30. The number of hydrogen-bond donors (Lipinski definition) is 1. The summed E-state index contributed by atoms with van der Waals surface area (Å²) in [5, 5.41) is 2.92. The SMILES string of the molecule is Cc1ccc(-c2ccc(N(C=O)c3c(C)c(NC(=O)c4ccccc4-c4ccc(C(F)(F)F)cc4)cn3C)cc2)cc1. The molecule has 212 valence electrons. The summed E-state index contributed by atoms with van der Waals surface area (Å²) in [5.74, 6) is 0.158. The van der Waals surface area contributed by atoms with Crippen LogP contribution in [0.25, 0.3) is 22.3 Å². The van der Waals surface area contributed by atoms with Gasteiger partial charge in [0.15, 0.2) is 0 Å². The van der Waals surface area contributed by atoms with E-state index < -0.39 is 17.6 Å². The monoisotopic (exact) mass is 567 g/mol. The molecule has 0 aliphatic rings. The minimum Gasteiger partial charge on any atom is -0.335 e. The molecule has 0 aliphatic heterocycles. The number of carbonyl (C=O) groups excluding carboxylic acids is 2. The zero-order chi connectivity index (χ0) is 30.0. The van der Waals surface area contributed by atoms with Crippen LogP contribution >= 0.6 is 0 Å². The predicted molar refractivity (Wildman–Crippen MR) is 160 cm³/mol. The first kappa shape index (κ1) is 28.4. The lowest BCUT2D eigenvalue weighted by molar-refractivity contribution is -0.137. The van der Waals surface area contributed by atoms with Gasteiger partial charge in [0.1, 0.15) is 5.82 Å². The quantitative estimate of drug-likeness (QED) is 0.200. The molecule has 1 N–H and O–H groups in total. The third-order valence-electron chi connectivity index (χ3n) is 7.20. The number of hydrogen-bond acceptors (Lipinski definition) is 2. The van der Waals surface area contributed by atoms with Gasteiger partial charge in [0.2, 0.25) is 6.41 Å². The van der Waals surface area contributed by atoms with E-state index in [4.69, 9.17) is 0 Å². The van der Waals surface area contributed by atoms with E-state index in [-0.39, 0.29) is 0 Å². The van der Waals surface area contributed by atoms with Crippen molar-refractivity contribution in [1.29, 1.82) is 0 Å². The lowest BCUT2D eigenvalue weighted by atomic mass is 9.98. The second-order valence-corrected chi connectivity index (χ2v) is 10.1. The van der Waals surface area contributed by atoms with E-state index in [0.29, 0.717) is 39.4 Å². The molecule has 8 heteroatoms. The second kappa shape index (κ2) is 11.4. The van der Waals surface area contributed by atoms with Crippen molar-refractivity contribution < 1.29 is 22.8 Å². The molecule has 0 saturated carbocycles. The first-order valence-electron chi connectivity index (χ1n) is 13.2. The van der Waals surface area contributed by atoms with E-state index in [1.54, 1.807) is 42.1 Å². The highest BCUT2D eigenvalue weighted by Crippen LogP contribution is 2.35. The maximum atomic E-state index is 13.4. The summed E-state index contributed by atoms with van der Waals surface area (Å²) in [4.78, 5) is 27.2. The molecule has 1 aromatic heterocycles. The molecule has 0 aliphatic carbocycles. The van der Waals surface area contributed by atoms with Crippen molar-refractivity contribution in [1.82, 2.24) is 4.57 Å². The molecular formula is C34H28F3N3O2. The van der Waals surface area contributed by atoms with E-state index in [1.165, 1.54) is 22.6 Å². The Hall–Kier alpha value is -5.11. The maximum absolute atomic E-state index is 13.4. The highest BCUT2D eigenvalue weighted by atomic mass is 19.4. The fourth-order valence-electron chi connectivity index (χ4n) is 4.97. The molecular weight excluding hydrogens is 539 g/mol. The van der Waals surface area contributed by atoms with E-state index in [9.17, 15) is 22.8 Å². The molecule has 5 nitrogen and oxygen atoms in total. The number of amides is 2. The van der Waals surface area contributed by atoms with E-state index in [1.807, 2.05) is 62.4 Å². The van der Waals surface area contributed by atoms with Crippen molar-refractivity contribution in [3.8, 4) is 22.3 Å². The minimum atomic E-state index is -4.45. The second-order valence-electron chi connectivity index (χ2n) is 10.1. The van der Waals surface area contributed by atoms with Crippen LogP contribution in [0.3, 0.4) is 0 Å². The van der Waals surface area contributed by atoms with Crippen LogP contribution in [0.1, 0.15) is 27.0 Å². The Kier molecular flexibility index (Phi) is 7.72. The summed E-state index contributed by atoms with van der Waals surface area (Å²) in [6.45, 7) is 3.84. The molecule has 2 amide bonds. The number of benzene rings is 4. The standard InChI is InChI=1S/C34H28F3N3O2/c1-22-8-10-24(11-9-22)25-14-18-28(19-15-25)40(21-41)33-23(2)31(20-39(33)3)38-32(42)30-7-5-4-6-29(30)26-12-16-27(17-13-26)34(35,36)37/h4-21H,1-3H3,(H,38,42). The van der Waals surface area contributed by atoms with Crippen LogP contribution < -0.4 is 10.2 Å². The van der Waals surface area contributed by atoms with Gasteiger partial charge in [-0.2, -0.15) is 13.2 Å². The van der Waals surface area contributed by atoms with E-state index in [0.717, 1.165) is 29.7 Å². The smallest absolute Gasteiger partial charge is 0.335 e. The maximum Gasteiger partial charge on any atom is 0.416 e. The van der Waals surface area contributed by atoms with Crippen molar-refractivity contribution >= 4 is 29.5 Å². The summed E-state index contributed by atoms with van der Waals surface area (Å²) < 4.78 is 40.9. The number of aromatic nitrogens is 1. The van der Waals surface area contributed by atoms with Crippen LogP contribution in [0.2, 0.25) is 0 Å². The number of anilines is 3. The van der Waals surface area contributed by atoms with Gasteiger partial charge < -0.3 is 9.88 Å². The van der Waals surface area contributed by atoms with Crippen molar-refractivity contribution in [2.75, 3.05) is 10.2 Å². The van der Waals surface area contributed by atoms with Gasteiger partial charge in [-0.3, -0.25) is 14.5 Å². The van der Waals surface area contributed by atoms with Crippen molar-refractivity contribution in [2.24, 2.45) is 7.05 Å². The molecule has 4 aromatic carbocycles. The number of aryl methyl sites for hydroxylation is 2. The summed E-state index contributed by atoms with van der Waals surface area (Å²) in [5.41, 5.74) is 5.64. The van der Waals surface area contributed by atoms with Crippen molar-refractivity contribution in [3.05, 3.63) is 126 Å². The van der Waals surface area contributed by atoms with Gasteiger partial charge in [-0.25, -0.2) is 0 Å². The van der Waals surface area contributed by atoms with Crippen molar-refractivity contribution in [3.63, 3.8) is 0 Å². The van der Waals surface area contributed by atoms with Crippen LogP contribution in [0, 0.1) is 13.8 Å². The molecule has 0 spiro atoms. The Bertz CT molecular complexity index is 1740. The predicted octanol–water partition coefficient (Wildman–Crippen LogP) is 8.54. The van der Waals surface area contributed by atoms with Gasteiger partial charge in [0.25, 0.3) is 5.91 Å². The molecule has 5 aromatic rings. The summed E-state index contributed by atoms with van der Waals surface area (Å²) in [7, 11) is 1.78. The number of nitrogens with zero attached hydrogens (tertiary/aromatic N) is 2. The van der Waals surface area contributed by atoms with Gasteiger partial charge in [-0.05, 0) is 66.4 Å². The van der Waals surface area contributed by atoms with Crippen molar-refractivity contribution in [2.45, 2.75) is 20.0 Å². The summed E-state index contributed by atoms with van der Waals surface area (Å²) in [6.07, 6.45) is -1.99. The zero-order valence-corrected chi connectivity index (χ0v) is 23.2. The molecule has 0 bridgehead atoms. The molecule has 42 heavy (non-hydrogen) atoms. The Balaban J connectivity index is 1.40. The minimum absolute atomic E-state index is 0.306. The molecule has 0 fully saturated rings. The average Bonchev–Trinajstić information content (AvgIpc) is 3.26. The van der Waals surface area contributed by atoms with Gasteiger partial charge in [0.05, 0.1) is 16.9 Å². The molecule has 1 heterocycles. The lowest BCUT2D eigenvalue weighted by Crippen LogP contribution is -2.18. The van der Waals surface area contributed by atoms with Crippen LogP contribution in [-0.4, -0.2) is 16.9 Å². The van der Waals surface area contributed by atoms with Gasteiger partial charge in [-0.1, -0.05) is 72.3 Å².